The van der Waals surface area contributed by atoms with E-state index >= 15 is 0 Å². The molecule has 0 atom stereocenters. The van der Waals surface area contributed by atoms with Crippen LogP contribution in [0.15, 0.2) is 18.2 Å². The Labute approximate surface area is 119 Å². The Morgan fingerprint density at radius 3 is 2.00 bits per heavy atom. The van der Waals surface area contributed by atoms with Gasteiger partial charge in [0.2, 0.25) is 0 Å². The van der Waals surface area contributed by atoms with Crippen LogP contribution in [0.5, 0.6) is 0 Å². The van der Waals surface area contributed by atoms with Gasteiger partial charge in [0.1, 0.15) is 11.6 Å². The maximum absolute atomic E-state index is 14.2. The fraction of sp³-hybridized carbons (Fsp3) is 0.250. The van der Waals surface area contributed by atoms with Crippen molar-refractivity contribution in [2.75, 3.05) is 0 Å². The summed E-state index contributed by atoms with van der Waals surface area (Å²) in [6.45, 7) is 4.50. The van der Waals surface area contributed by atoms with Crippen molar-refractivity contribution in [3.05, 3.63) is 58.4 Å². The van der Waals surface area contributed by atoms with Crippen molar-refractivity contribution < 1.29 is 22.0 Å². The van der Waals surface area contributed by atoms with Crippen LogP contribution in [0, 0.1) is 36.0 Å². The summed E-state index contributed by atoms with van der Waals surface area (Å²) in [7, 11) is 0. The molecule has 0 saturated carbocycles. The van der Waals surface area contributed by atoms with Gasteiger partial charge in [0, 0.05) is 5.56 Å². The van der Waals surface area contributed by atoms with E-state index in [4.69, 9.17) is 0 Å². The molecule has 0 N–H and O–H groups in total. The van der Waals surface area contributed by atoms with Gasteiger partial charge in [0.05, 0.1) is 5.56 Å². The lowest BCUT2D eigenvalue weighted by Gasteiger charge is -2.16. The molecule has 2 aromatic carbocycles. The number of rotatable bonds is 2. The quantitative estimate of drug-likeness (QED) is 0.391. The van der Waals surface area contributed by atoms with E-state index in [9.17, 15) is 22.0 Å². The van der Waals surface area contributed by atoms with Crippen LogP contribution >= 0.6 is 0 Å². The standard InChI is InChI=1S/C16H13F5/c1-7(2)10-5-4-9(17)6-11(10)12-13(18)8(3)14(19)16(21)15(12)20/h4-7H,1-3H3. The van der Waals surface area contributed by atoms with Gasteiger partial charge in [0.25, 0.3) is 0 Å². The van der Waals surface area contributed by atoms with Crippen molar-refractivity contribution in [3.8, 4) is 11.1 Å². The molecule has 0 fully saturated rings. The van der Waals surface area contributed by atoms with Crippen LogP contribution in [-0.4, -0.2) is 0 Å². The van der Waals surface area contributed by atoms with Gasteiger partial charge in [-0.05, 0) is 36.1 Å². The minimum Gasteiger partial charge on any atom is -0.207 e. The van der Waals surface area contributed by atoms with Gasteiger partial charge in [-0.3, -0.25) is 0 Å². The molecule has 0 heterocycles. The second-order valence-electron chi connectivity index (χ2n) is 5.14. The number of halogens is 5. The molecule has 0 saturated heterocycles. The highest BCUT2D eigenvalue weighted by atomic mass is 19.2. The lowest BCUT2D eigenvalue weighted by Crippen LogP contribution is -2.05. The van der Waals surface area contributed by atoms with Crippen LogP contribution in [-0.2, 0) is 0 Å². The van der Waals surface area contributed by atoms with Crippen molar-refractivity contribution >= 4 is 0 Å². The zero-order valence-electron chi connectivity index (χ0n) is 11.7. The van der Waals surface area contributed by atoms with Gasteiger partial charge >= 0.3 is 0 Å². The van der Waals surface area contributed by atoms with Crippen molar-refractivity contribution in [1.29, 1.82) is 0 Å². The highest BCUT2D eigenvalue weighted by Gasteiger charge is 2.26. The van der Waals surface area contributed by atoms with Crippen molar-refractivity contribution in [2.24, 2.45) is 0 Å². The predicted molar refractivity (Wildman–Crippen MR) is 70.5 cm³/mol. The Morgan fingerprint density at radius 2 is 1.43 bits per heavy atom. The van der Waals surface area contributed by atoms with E-state index in [-0.39, 0.29) is 11.5 Å². The summed E-state index contributed by atoms with van der Waals surface area (Å²) in [6.07, 6.45) is 0. The molecule has 0 spiro atoms. The first-order chi connectivity index (χ1) is 9.75. The average Bonchev–Trinajstić information content (AvgIpc) is 2.43. The number of benzene rings is 2. The van der Waals surface area contributed by atoms with Crippen molar-refractivity contribution in [1.82, 2.24) is 0 Å². The normalized spacial score (nSPS) is 11.3. The first-order valence-corrected chi connectivity index (χ1v) is 6.38. The first-order valence-electron chi connectivity index (χ1n) is 6.38. The van der Waals surface area contributed by atoms with E-state index in [0.717, 1.165) is 19.1 Å². The summed E-state index contributed by atoms with van der Waals surface area (Å²) in [6, 6.07) is 3.46. The van der Waals surface area contributed by atoms with Gasteiger partial charge in [-0.1, -0.05) is 19.9 Å². The lowest BCUT2D eigenvalue weighted by atomic mass is 9.91. The Balaban J connectivity index is 2.88. The average molecular weight is 300 g/mol. The van der Waals surface area contributed by atoms with Crippen LogP contribution in [0.4, 0.5) is 22.0 Å². The molecule has 21 heavy (non-hydrogen) atoms. The van der Waals surface area contributed by atoms with E-state index in [0.29, 0.717) is 5.56 Å². The molecule has 0 aliphatic heterocycles. The summed E-state index contributed by atoms with van der Waals surface area (Å²) in [5, 5.41) is 0. The highest BCUT2D eigenvalue weighted by Crippen LogP contribution is 2.36. The largest absolute Gasteiger partial charge is 0.207 e. The van der Waals surface area contributed by atoms with Crippen molar-refractivity contribution in [2.45, 2.75) is 26.7 Å². The molecule has 0 aromatic heterocycles. The molecule has 0 radical (unpaired) electrons. The molecule has 2 aromatic rings. The fourth-order valence-electron chi connectivity index (χ4n) is 2.24. The molecule has 0 nitrogen and oxygen atoms in total. The van der Waals surface area contributed by atoms with Crippen LogP contribution in [0.2, 0.25) is 0 Å². The summed E-state index contributed by atoms with van der Waals surface area (Å²) < 4.78 is 68.5. The third-order valence-corrected chi connectivity index (χ3v) is 3.39. The second kappa shape index (κ2) is 5.47. The van der Waals surface area contributed by atoms with Gasteiger partial charge in [0.15, 0.2) is 17.5 Å². The second-order valence-corrected chi connectivity index (χ2v) is 5.14. The molecule has 112 valence electrons. The highest BCUT2D eigenvalue weighted by molar-refractivity contribution is 5.70. The molecule has 0 aliphatic rings. The Kier molecular flexibility index (Phi) is 4.03. The predicted octanol–water partition coefficient (Wildman–Crippen LogP) is 5.48. The monoisotopic (exact) mass is 300 g/mol. The Bertz CT molecular complexity index is 675. The SMILES string of the molecule is Cc1c(F)c(F)c(F)c(-c2cc(F)ccc2C(C)C)c1F. The molecule has 0 amide bonds. The lowest BCUT2D eigenvalue weighted by molar-refractivity contribution is 0.431. The topological polar surface area (TPSA) is 0 Å². The molecule has 2 rings (SSSR count). The summed E-state index contributed by atoms with van der Waals surface area (Å²) in [5.74, 6) is -7.09. The molecule has 0 bridgehead atoms. The van der Waals surface area contributed by atoms with E-state index in [2.05, 4.69) is 0 Å². The fourth-order valence-corrected chi connectivity index (χ4v) is 2.24. The van der Waals surface area contributed by atoms with Gasteiger partial charge in [-0.2, -0.15) is 0 Å². The molecule has 0 aliphatic carbocycles. The molecule has 5 heteroatoms. The summed E-state index contributed by atoms with van der Waals surface area (Å²) in [4.78, 5) is 0. The molecule has 0 unspecified atom stereocenters. The first kappa shape index (κ1) is 15.5. The molecular weight excluding hydrogens is 287 g/mol. The van der Waals surface area contributed by atoms with E-state index in [1.165, 1.54) is 6.07 Å². The van der Waals surface area contributed by atoms with Crippen LogP contribution in [0.3, 0.4) is 0 Å². The maximum Gasteiger partial charge on any atom is 0.195 e. The number of hydrogen-bond donors (Lipinski definition) is 0. The van der Waals surface area contributed by atoms with Crippen LogP contribution < -0.4 is 0 Å². The Morgan fingerprint density at radius 1 is 0.810 bits per heavy atom. The van der Waals surface area contributed by atoms with Crippen LogP contribution in [0.25, 0.3) is 11.1 Å². The zero-order chi connectivity index (χ0) is 15.9. The third-order valence-electron chi connectivity index (χ3n) is 3.39. The summed E-state index contributed by atoms with van der Waals surface area (Å²) in [5.41, 5.74) is -1.04. The number of hydrogen-bond acceptors (Lipinski definition) is 0. The van der Waals surface area contributed by atoms with E-state index in [1.807, 2.05) is 0 Å². The smallest absolute Gasteiger partial charge is 0.195 e. The Hall–Kier alpha value is -1.91. The van der Waals surface area contributed by atoms with Gasteiger partial charge in [-0.15, -0.1) is 0 Å². The zero-order valence-corrected chi connectivity index (χ0v) is 11.7. The van der Waals surface area contributed by atoms with Crippen molar-refractivity contribution in [3.63, 3.8) is 0 Å². The van der Waals surface area contributed by atoms with Gasteiger partial charge < -0.3 is 0 Å². The minimum absolute atomic E-state index is 0.109. The summed E-state index contributed by atoms with van der Waals surface area (Å²) >= 11 is 0. The van der Waals surface area contributed by atoms with E-state index < -0.39 is 40.2 Å². The minimum atomic E-state index is -1.76. The molecular formula is C16H13F5. The van der Waals surface area contributed by atoms with Gasteiger partial charge in [-0.25, -0.2) is 22.0 Å². The van der Waals surface area contributed by atoms with Crippen LogP contribution in [0.1, 0.15) is 30.9 Å². The van der Waals surface area contributed by atoms with E-state index in [1.54, 1.807) is 13.8 Å². The third kappa shape index (κ3) is 2.52. The maximum atomic E-state index is 14.2.